The van der Waals surface area contributed by atoms with E-state index >= 15 is 0 Å². The molecule has 1 atom stereocenters. The number of amides is 2. The molecule has 30 heavy (non-hydrogen) atoms. The van der Waals surface area contributed by atoms with E-state index in [0.717, 1.165) is 16.8 Å². The van der Waals surface area contributed by atoms with Crippen LogP contribution in [0.25, 0.3) is 0 Å². The van der Waals surface area contributed by atoms with Crippen LogP contribution >= 0.6 is 0 Å². The van der Waals surface area contributed by atoms with Crippen molar-refractivity contribution in [3.63, 3.8) is 0 Å². The third-order valence-corrected chi connectivity index (χ3v) is 5.04. The van der Waals surface area contributed by atoms with Crippen LogP contribution < -0.4 is 11.1 Å². The number of furan rings is 1. The fourth-order valence-electron chi connectivity index (χ4n) is 3.47. The number of nitrogens with zero attached hydrogens (tertiary/aromatic N) is 2. The Morgan fingerprint density at radius 3 is 2.60 bits per heavy atom. The van der Waals surface area contributed by atoms with Crippen LogP contribution in [-0.2, 0) is 4.79 Å². The summed E-state index contributed by atoms with van der Waals surface area (Å²) in [4.78, 5) is 24.6. The number of hydrogen-bond donors (Lipinski definition) is 2. The van der Waals surface area contributed by atoms with Gasteiger partial charge in [-0.1, -0.05) is 42.0 Å². The molecule has 0 saturated heterocycles. The van der Waals surface area contributed by atoms with E-state index in [1.807, 2.05) is 37.3 Å². The lowest BCUT2D eigenvalue weighted by Gasteiger charge is -2.20. The zero-order valence-corrected chi connectivity index (χ0v) is 16.5. The van der Waals surface area contributed by atoms with Gasteiger partial charge in [0.15, 0.2) is 0 Å². The molecule has 0 fully saturated rings. The smallest absolute Gasteiger partial charge is 0.262 e. The first-order valence-corrected chi connectivity index (χ1v) is 9.65. The van der Waals surface area contributed by atoms with E-state index in [1.165, 1.54) is 5.01 Å². The number of carbonyl (C=O) groups excluding carboxylic acids is 2. The molecule has 1 aliphatic rings. The third-order valence-electron chi connectivity index (χ3n) is 5.04. The Bertz CT molecular complexity index is 1090. The fraction of sp³-hybridized carbons (Fsp3) is 0.174. The van der Waals surface area contributed by atoms with E-state index in [-0.39, 0.29) is 18.5 Å². The van der Waals surface area contributed by atoms with E-state index in [9.17, 15) is 9.59 Å². The number of nitrogens with one attached hydrogen (secondary N) is 1. The van der Waals surface area contributed by atoms with Crippen LogP contribution in [-0.4, -0.2) is 29.1 Å². The first kappa shape index (κ1) is 19.4. The summed E-state index contributed by atoms with van der Waals surface area (Å²) in [6.07, 6.45) is 2.14. The summed E-state index contributed by atoms with van der Waals surface area (Å²) in [5.41, 5.74) is 9.21. The molecule has 0 saturated carbocycles. The van der Waals surface area contributed by atoms with E-state index in [1.54, 1.807) is 36.6 Å². The predicted molar refractivity (Wildman–Crippen MR) is 114 cm³/mol. The number of primary amides is 1. The highest BCUT2D eigenvalue weighted by molar-refractivity contribution is 6.03. The number of hydrazone groups is 1. The maximum atomic E-state index is 13.0. The molecular formula is C23H22N4O3. The van der Waals surface area contributed by atoms with Gasteiger partial charge in [-0.25, -0.2) is 5.01 Å². The molecule has 2 amide bonds. The number of rotatable bonds is 6. The minimum absolute atomic E-state index is 0.0355. The lowest BCUT2D eigenvalue weighted by Crippen LogP contribution is -2.32. The third kappa shape index (κ3) is 3.96. The van der Waals surface area contributed by atoms with Gasteiger partial charge in [0.25, 0.3) is 11.8 Å². The molecule has 1 aromatic heterocycles. The van der Waals surface area contributed by atoms with Crippen molar-refractivity contribution in [3.05, 3.63) is 89.4 Å². The number of nitrogens with two attached hydrogens (primary N) is 1. The number of aryl methyl sites for hydroxylation is 1. The molecule has 0 bridgehead atoms. The Morgan fingerprint density at radius 1 is 1.13 bits per heavy atom. The molecule has 0 spiro atoms. The van der Waals surface area contributed by atoms with Crippen LogP contribution in [0.2, 0.25) is 0 Å². The van der Waals surface area contributed by atoms with E-state index in [2.05, 4.69) is 10.4 Å². The number of benzene rings is 2. The SMILES string of the molecule is Cc1ccc(C2=NN(C(=O)CNc3ccccc3C(N)=O)C(c3ccco3)C2)cc1. The van der Waals surface area contributed by atoms with Crippen molar-refractivity contribution in [2.24, 2.45) is 10.8 Å². The van der Waals surface area contributed by atoms with Crippen LogP contribution in [0.1, 0.15) is 39.7 Å². The van der Waals surface area contributed by atoms with E-state index < -0.39 is 5.91 Å². The van der Waals surface area contributed by atoms with Gasteiger partial charge in [-0.3, -0.25) is 9.59 Å². The lowest BCUT2D eigenvalue weighted by molar-refractivity contribution is -0.131. The summed E-state index contributed by atoms with van der Waals surface area (Å²) in [7, 11) is 0. The molecule has 3 aromatic rings. The topological polar surface area (TPSA) is 101 Å². The van der Waals surface area contributed by atoms with Crippen LogP contribution in [0.5, 0.6) is 0 Å². The molecule has 0 radical (unpaired) electrons. The Kier molecular flexibility index (Phi) is 5.34. The molecule has 1 aliphatic heterocycles. The van der Waals surface area contributed by atoms with Crippen molar-refractivity contribution in [3.8, 4) is 0 Å². The van der Waals surface area contributed by atoms with Crippen molar-refractivity contribution in [1.82, 2.24) is 5.01 Å². The standard InChI is InChI=1S/C23H22N4O3/c1-15-8-10-16(11-9-15)19-13-20(21-7-4-12-30-21)27(26-19)22(28)14-25-18-6-3-2-5-17(18)23(24)29/h2-12,20,25H,13-14H2,1H3,(H2,24,29). The Balaban J connectivity index is 1.56. The van der Waals surface area contributed by atoms with Crippen molar-refractivity contribution in [1.29, 1.82) is 0 Å². The molecule has 4 rings (SSSR count). The molecule has 2 heterocycles. The Hall–Kier alpha value is -3.87. The van der Waals surface area contributed by atoms with Gasteiger partial charge in [0.1, 0.15) is 11.8 Å². The number of hydrogen-bond acceptors (Lipinski definition) is 5. The molecule has 7 heteroatoms. The predicted octanol–water partition coefficient (Wildman–Crippen LogP) is 3.48. The Labute approximate surface area is 174 Å². The van der Waals surface area contributed by atoms with Crippen LogP contribution in [0.3, 0.4) is 0 Å². The van der Waals surface area contributed by atoms with Gasteiger partial charge in [-0.15, -0.1) is 0 Å². The second kappa shape index (κ2) is 8.24. The molecule has 2 aromatic carbocycles. The second-order valence-electron chi connectivity index (χ2n) is 7.15. The summed E-state index contributed by atoms with van der Waals surface area (Å²) < 4.78 is 5.57. The molecule has 0 aliphatic carbocycles. The monoisotopic (exact) mass is 402 g/mol. The van der Waals surface area contributed by atoms with Crippen molar-refractivity contribution in [2.75, 3.05) is 11.9 Å². The van der Waals surface area contributed by atoms with Crippen molar-refractivity contribution >= 4 is 23.2 Å². The van der Waals surface area contributed by atoms with Gasteiger partial charge in [0.05, 0.1) is 24.1 Å². The summed E-state index contributed by atoms with van der Waals surface area (Å²) in [5, 5.41) is 9.06. The minimum Gasteiger partial charge on any atom is -0.467 e. The van der Waals surface area contributed by atoms with Gasteiger partial charge < -0.3 is 15.5 Å². The van der Waals surface area contributed by atoms with Gasteiger partial charge in [0.2, 0.25) is 0 Å². The fourth-order valence-corrected chi connectivity index (χ4v) is 3.47. The highest BCUT2D eigenvalue weighted by Crippen LogP contribution is 2.33. The van der Waals surface area contributed by atoms with Gasteiger partial charge in [-0.05, 0) is 36.8 Å². The molecule has 7 nitrogen and oxygen atoms in total. The lowest BCUT2D eigenvalue weighted by atomic mass is 10.0. The highest BCUT2D eigenvalue weighted by Gasteiger charge is 2.34. The zero-order valence-electron chi connectivity index (χ0n) is 16.5. The number of anilines is 1. The summed E-state index contributed by atoms with van der Waals surface area (Å²) in [6.45, 7) is 1.99. The molecular weight excluding hydrogens is 380 g/mol. The molecule has 1 unspecified atom stereocenters. The van der Waals surface area contributed by atoms with Crippen LogP contribution in [0.15, 0.2) is 76.4 Å². The average Bonchev–Trinajstić information content (AvgIpc) is 3.42. The maximum Gasteiger partial charge on any atom is 0.262 e. The summed E-state index contributed by atoms with van der Waals surface area (Å²) in [5.74, 6) is -0.121. The normalized spacial score (nSPS) is 15.7. The molecule has 3 N–H and O–H groups in total. The quantitative estimate of drug-likeness (QED) is 0.659. The second-order valence-corrected chi connectivity index (χ2v) is 7.15. The number of carbonyl (C=O) groups is 2. The summed E-state index contributed by atoms with van der Waals surface area (Å²) in [6, 6.07) is 18.2. The van der Waals surface area contributed by atoms with E-state index in [0.29, 0.717) is 23.4 Å². The maximum absolute atomic E-state index is 13.0. The van der Waals surface area contributed by atoms with Gasteiger partial charge >= 0.3 is 0 Å². The first-order valence-electron chi connectivity index (χ1n) is 9.65. The van der Waals surface area contributed by atoms with E-state index in [4.69, 9.17) is 10.2 Å². The average molecular weight is 402 g/mol. The zero-order chi connectivity index (χ0) is 21.1. The van der Waals surface area contributed by atoms with Crippen molar-refractivity contribution in [2.45, 2.75) is 19.4 Å². The largest absolute Gasteiger partial charge is 0.467 e. The van der Waals surface area contributed by atoms with Crippen molar-refractivity contribution < 1.29 is 14.0 Å². The Morgan fingerprint density at radius 2 is 1.90 bits per heavy atom. The summed E-state index contributed by atoms with van der Waals surface area (Å²) >= 11 is 0. The number of para-hydroxylation sites is 1. The van der Waals surface area contributed by atoms with Gasteiger partial charge in [0, 0.05) is 12.1 Å². The minimum atomic E-state index is -0.556. The van der Waals surface area contributed by atoms with Crippen LogP contribution in [0.4, 0.5) is 5.69 Å². The first-order chi connectivity index (χ1) is 14.5. The van der Waals surface area contributed by atoms with Gasteiger partial charge in [-0.2, -0.15) is 5.10 Å². The highest BCUT2D eigenvalue weighted by atomic mass is 16.3. The van der Waals surface area contributed by atoms with Crippen LogP contribution in [0, 0.1) is 6.92 Å². The molecule has 152 valence electrons.